The molecule has 0 radical (unpaired) electrons. The molecule has 0 amide bonds. The summed E-state index contributed by atoms with van der Waals surface area (Å²) in [5.74, 6) is 5.09. The van der Waals surface area contributed by atoms with Gasteiger partial charge in [0.15, 0.2) is 9.84 Å². The van der Waals surface area contributed by atoms with Gasteiger partial charge in [-0.3, -0.25) is 16.3 Å². The van der Waals surface area contributed by atoms with E-state index < -0.39 is 15.7 Å². The van der Waals surface area contributed by atoms with Gasteiger partial charge in [0, 0.05) is 6.20 Å². The number of hydrogen-bond donors (Lipinski definition) is 2. The Morgan fingerprint density at radius 2 is 2.29 bits per heavy atom. The molecule has 94 valence electrons. The second kappa shape index (κ2) is 4.67. The van der Waals surface area contributed by atoms with E-state index in [4.69, 9.17) is 5.84 Å². The molecule has 7 heteroatoms. The molecule has 5 nitrogen and oxygen atoms in total. The second-order valence-electron chi connectivity index (χ2n) is 4.24. The Morgan fingerprint density at radius 1 is 1.53 bits per heavy atom. The maximum absolute atomic E-state index is 13.1. The van der Waals surface area contributed by atoms with Gasteiger partial charge in [0.1, 0.15) is 5.82 Å². The number of halogens is 1. The van der Waals surface area contributed by atoms with Gasteiger partial charge in [-0.05, 0) is 24.0 Å². The number of sulfone groups is 1. The Morgan fingerprint density at radius 3 is 2.82 bits per heavy atom. The lowest BCUT2D eigenvalue weighted by molar-refractivity contribution is 0.397. The van der Waals surface area contributed by atoms with Crippen LogP contribution in [-0.2, 0) is 9.84 Å². The molecule has 1 aliphatic heterocycles. The summed E-state index contributed by atoms with van der Waals surface area (Å²) in [6, 6.07) is 0.943. The Labute approximate surface area is 99.1 Å². The molecule has 1 saturated heterocycles. The molecule has 0 spiro atoms. The summed E-state index contributed by atoms with van der Waals surface area (Å²) in [5.41, 5.74) is 3.13. The van der Waals surface area contributed by atoms with Gasteiger partial charge in [-0.15, -0.1) is 0 Å². The maximum atomic E-state index is 13.1. The molecular weight excluding hydrogens is 245 g/mol. The first-order valence-corrected chi connectivity index (χ1v) is 7.11. The molecule has 0 aromatic carbocycles. The number of aromatic nitrogens is 1. The van der Waals surface area contributed by atoms with Crippen molar-refractivity contribution in [2.24, 2.45) is 11.8 Å². The molecule has 1 aromatic heterocycles. The first-order valence-electron chi connectivity index (χ1n) is 5.29. The third kappa shape index (κ3) is 2.80. The van der Waals surface area contributed by atoms with Crippen LogP contribution >= 0.6 is 0 Å². The van der Waals surface area contributed by atoms with Crippen LogP contribution in [0.4, 0.5) is 4.39 Å². The summed E-state index contributed by atoms with van der Waals surface area (Å²) < 4.78 is 35.9. The normalized spacial score (nSPS) is 24.7. The summed E-state index contributed by atoms with van der Waals surface area (Å²) in [6.45, 7) is 0. The molecule has 2 unspecified atom stereocenters. The zero-order valence-corrected chi connectivity index (χ0v) is 9.95. The average molecular weight is 259 g/mol. The number of hydrogen-bond acceptors (Lipinski definition) is 5. The van der Waals surface area contributed by atoms with Crippen molar-refractivity contribution in [2.75, 3.05) is 11.5 Å². The lowest BCUT2D eigenvalue weighted by Crippen LogP contribution is -2.34. The zero-order valence-electron chi connectivity index (χ0n) is 9.14. The van der Waals surface area contributed by atoms with Crippen LogP contribution in [0, 0.1) is 11.7 Å². The van der Waals surface area contributed by atoms with Gasteiger partial charge in [0.2, 0.25) is 0 Å². The smallest absolute Gasteiger partial charge is 0.150 e. The number of rotatable bonds is 3. The molecule has 2 atom stereocenters. The van der Waals surface area contributed by atoms with Gasteiger partial charge >= 0.3 is 0 Å². The summed E-state index contributed by atoms with van der Waals surface area (Å²) in [5, 5.41) is 0. The molecule has 17 heavy (non-hydrogen) atoms. The first-order chi connectivity index (χ1) is 8.02. The Hall–Kier alpha value is -1.05. The highest BCUT2D eigenvalue weighted by Crippen LogP contribution is 2.30. The van der Waals surface area contributed by atoms with Crippen molar-refractivity contribution in [2.45, 2.75) is 12.5 Å². The largest absolute Gasteiger partial charge is 0.271 e. The second-order valence-corrected chi connectivity index (χ2v) is 6.47. The summed E-state index contributed by atoms with van der Waals surface area (Å²) >= 11 is 0. The van der Waals surface area contributed by atoms with Crippen molar-refractivity contribution in [3.05, 3.63) is 29.8 Å². The number of nitrogens with one attached hydrogen (secondary N) is 1. The SMILES string of the molecule is NNC(c1cncc(F)c1)C1CCS(=O)(=O)C1. The van der Waals surface area contributed by atoms with Gasteiger partial charge < -0.3 is 0 Å². The monoisotopic (exact) mass is 259 g/mol. The highest BCUT2D eigenvalue weighted by molar-refractivity contribution is 7.91. The van der Waals surface area contributed by atoms with Crippen LogP contribution in [0.5, 0.6) is 0 Å². The Balaban J connectivity index is 2.23. The quantitative estimate of drug-likeness (QED) is 0.596. The van der Waals surface area contributed by atoms with E-state index in [0.29, 0.717) is 12.0 Å². The number of pyridine rings is 1. The van der Waals surface area contributed by atoms with Crippen LogP contribution < -0.4 is 11.3 Å². The van der Waals surface area contributed by atoms with Crippen molar-refractivity contribution in [1.29, 1.82) is 0 Å². The fraction of sp³-hybridized carbons (Fsp3) is 0.500. The van der Waals surface area contributed by atoms with E-state index in [1.807, 2.05) is 0 Å². The van der Waals surface area contributed by atoms with Gasteiger partial charge in [-0.2, -0.15) is 0 Å². The van der Waals surface area contributed by atoms with Crippen LogP contribution in [0.25, 0.3) is 0 Å². The molecule has 1 aromatic rings. The average Bonchev–Trinajstić information content (AvgIpc) is 2.60. The molecule has 1 aliphatic rings. The zero-order chi connectivity index (χ0) is 12.5. The molecule has 0 aliphatic carbocycles. The van der Waals surface area contributed by atoms with E-state index in [0.717, 1.165) is 6.20 Å². The van der Waals surface area contributed by atoms with Crippen LogP contribution in [0.15, 0.2) is 18.5 Å². The van der Waals surface area contributed by atoms with E-state index >= 15 is 0 Å². The van der Waals surface area contributed by atoms with Crippen LogP contribution in [0.1, 0.15) is 18.0 Å². The standard InChI is InChI=1S/C10H14FN3O2S/c11-9-3-8(4-13-5-9)10(14-12)7-1-2-17(15,16)6-7/h3-5,7,10,14H,1-2,6,12H2. The first kappa shape index (κ1) is 12.4. The molecule has 0 bridgehead atoms. The minimum Gasteiger partial charge on any atom is -0.271 e. The van der Waals surface area contributed by atoms with Gasteiger partial charge in [-0.1, -0.05) is 0 Å². The topological polar surface area (TPSA) is 85.1 Å². The van der Waals surface area contributed by atoms with E-state index in [1.165, 1.54) is 12.3 Å². The molecule has 2 rings (SSSR count). The summed E-state index contributed by atoms with van der Waals surface area (Å²) in [7, 11) is -2.98. The molecule has 3 N–H and O–H groups in total. The van der Waals surface area contributed by atoms with Crippen molar-refractivity contribution in [1.82, 2.24) is 10.4 Å². The van der Waals surface area contributed by atoms with E-state index in [-0.39, 0.29) is 23.5 Å². The highest BCUT2D eigenvalue weighted by Gasteiger charge is 2.34. The molecule has 1 fully saturated rings. The lowest BCUT2D eigenvalue weighted by Gasteiger charge is -2.21. The van der Waals surface area contributed by atoms with Crippen molar-refractivity contribution in [3.8, 4) is 0 Å². The van der Waals surface area contributed by atoms with E-state index in [1.54, 1.807) is 0 Å². The Bertz CT molecular complexity index is 506. The third-order valence-corrected chi connectivity index (χ3v) is 4.80. The van der Waals surface area contributed by atoms with E-state index in [2.05, 4.69) is 10.4 Å². The van der Waals surface area contributed by atoms with Crippen LogP contribution in [-0.4, -0.2) is 24.9 Å². The minimum absolute atomic E-state index is 0.0817. The number of nitrogens with zero attached hydrogens (tertiary/aromatic N) is 1. The fourth-order valence-corrected chi connectivity index (χ4v) is 4.03. The molecule has 0 saturated carbocycles. The van der Waals surface area contributed by atoms with Gasteiger partial charge in [0.25, 0.3) is 0 Å². The van der Waals surface area contributed by atoms with Crippen LogP contribution in [0.3, 0.4) is 0 Å². The number of nitrogens with two attached hydrogens (primary N) is 1. The lowest BCUT2D eigenvalue weighted by atomic mass is 9.94. The highest BCUT2D eigenvalue weighted by atomic mass is 32.2. The van der Waals surface area contributed by atoms with Gasteiger partial charge in [-0.25, -0.2) is 12.8 Å². The predicted octanol–water partition coefficient (Wildman–Crippen LogP) is 0.160. The fourth-order valence-electron chi connectivity index (χ4n) is 2.19. The maximum Gasteiger partial charge on any atom is 0.150 e. The molecular formula is C10H14FN3O2S. The molecule has 2 heterocycles. The number of hydrazine groups is 1. The Kier molecular flexibility index (Phi) is 3.41. The minimum atomic E-state index is -2.98. The van der Waals surface area contributed by atoms with Crippen molar-refractivity contribution < 1.29 is 12.8 Å². The van der Waals surface area contributed by atoms with E-state index in [9.17, 15) is 12.8 Å². The van der Waals surface area contributed by atoms with Crippen molar-refractivity contribution in [3.63, 3.8) is 0 Å². The summed E-state index contributed by atoms with van der Waals surface area (Å²) in [4.78, 5) is 3.74. The van der Waals surface area contributed by atoms with Crippen LogP contribution in [0.2, 0.25) is 0 Å². The summed E-state index contributed by atoms with van der Waals surface area (Å²) in [6.07, 6.45) is 3.13. The third-order valence-electron chi connectivity index (χ3n) is 3.00. The predicted molar refractivity (Wildman–Crippen MR) is 61.0 cm³/mol. The van der Waals surface area contributed by atoms with Crippen molar-refractivity contribution >= 4 is 9.84 Å². The van der Waals surface area contributed by atoms with Gasteiger partial charge in [0.05, 0.1) is 23.7 Å².